The van der Waals surface area contributed by atoms with Crippen LogP contribution in [0.1, 0.15) is 25.0 Å². The summed E-state index contributed by atoms with van der Waals surface area (Å²) in [5, 5.41) is 12.8. The van der Waals surface area contributed by atoms with Gasteiger partial charge >= 0.3 is 0 Å². The van der Waals surface area contributed by atoms with Gasteiger partial charge in [-0.05, 0) is 19.3 Å². The number of benzene rings is 1. The fourth-order valence-corrected chi connectivity index (χ4v) is 2.99. The average Bonchev–Trinajstić information content (AvgIpc) is 3.12. The molecule has 1 aromatic carbocycles. The first kappa shape index (κ1) is 17.6. The molecule has 1 N–H and O–H groups in total. The van der Waals surface area contributed by atoms with Crippen molar-refractivity contribution in [2.45, 2.75) is 31.8 Å². The van der Waals surface area contributed by atoms with E-state index < -0.39 is 0 Å². The van der Waals surface area contributed by atoms with Crippen LogP contribution in [0.15, 0.2) is 40.9 Å². The Morgan fingerprint density at radius 1 is 1.28 bits per heavy atom. The normalized spacial score (nSPS) is 15.5. The summed E-state index contributed by atoms with van der Waals surface area (Å²) in [4.78, 5) is 14.3. The van der Waals surface area contributed by atoms with E-state index in [4.69, 9.17) is 14.4 Å². The number of carbonyl (C=O) groups is 1. The second-order valence-electron chi connectivity index (χ2n) is 6.25. The number of amides is 1. The molecule has 0 aliphatic carbocycles. The van der Waals surface area contributed by atoms with Gasteiger partial charge in [-0.3, -0.25) is 4.79 Å². The van der Waals surface area contributed by atoms with Gasteiger partial charge in [-0.2, -0.15) is 0 Å². The van der Waals surface area contributed by atoms with Crippen LogP contribution in [-0.4, -0.2) is 53.5 Å². The first-order valence-corrected chi connectivity index (χ1v) is 8.77. The quantitative estimate of drug-likeness (QED) is 0.780. The summed E-state index contributed by atoms with van der Waals surface area (Å²) in [6.07, 6.45) is 2.78. The molecule has 1 fully saturated rings. The van der Waals surface area contributed by atoms with Gasteiger partial charge < -0.3 is 19.3 Å². The van der Waals surface area contributed by atoms with Gasteiger partial charge in [0.05, 0.1) is 18.2 Å². The first-order valence-electron chi connectivity index (χ1n) is 8.77. The number of nitrogens with zero attached hydrogens (tertiary/aromatic N) is 2. The van der Waals surface area contributed by atoms with Crippen molar-refractivity contribution < 1.29 is 19.2 Å². The lowest BCUT2D eigenvalue weighted by Gasteiger charge is -2.31. The van der Waals surface area contributed by atoms with E-state index in [1.165, 1.54) is 0 Å². The molecule has 25 heavy (non-hydrogen) atoms. The van der Waals surface area contributed by atoms with E-state index in [0.717, 1.165) is 18.4 Å². The maximum atomic E-state index is 12.5. The zero-order chi connectivity index (χ0) is 17.5. The summed E-state index contributed by atoms with van der Waals surface area (Å²) in [7, 11) is 0. The minimum absolute atomic E-state index is 0.0710. The molecule has 0 bridgehead atoms. The monoisotopic (exact) mass is 344 g/mol. The highest BCUT2D eigenvalue weighted by molar-refractivity contribution is 5.78. The van der Waals surface area contributed by atoms with Crippen LogP contribution in [0.25, 0.3) is 11.3 Å². The first-order chi connectivity index (χ1) is 12.3. The largest absolute Gasteiger partial charge is 0.396 e. The van der Waals surface area contributed by atoms with Crippen molar-refractivity contribution >= 4 is 5.91 Å². The highest BCUT2D eigenvalue weighted by atomic mass is 16.5. The van der Waals surface area contributed by atoms with Gasteiger partial charge in [0.2, 0.25) is 5.91 Å². The Morgan fingerprint density at radius 2 is 2.04 bits per heavy atom. The topological polar surface area (TPSA) is 75.8 Å². The summed E-state index contributed by atoms with van der Waals surface area (Å²) in [6.45, 7) is 2.13. The molecule has 0 saturated carbocycles. The third kappa shape index (κ3) is 4.90. The summed E-state index contributed by atoms with van der Waals surface area (Å²) in [5.41, 5.74) is 1.61. The van der Waals surface area contributed by atoms with E-state index in [0.29, 0.717) is 37.6 Å². The van der Waals surface area contributed by atoms with Crippen LogP contribution in [0.5, 0.6) is 0 Å². The molecule has 1 aromatic heterocycles. The fourth-order valence-electron chi connectivity index (χ4n) is 2.99. The number of hydrogen-bond acceptors (Lipinski definition) is 5. The van der Waals surface area contributed by atoms with Crippen LogP contribution in [0.4, 0.5) is 0 Å². The number of aromatic nitrogens is 1. The van der Waals surface area contributed by atoms with Gasteiger partial charge in [-0.25, -0.2) is 0 Å². The Kier molecular flexibility index (Phi) is 6.19. The lowest BCUT2D eigenvalue weighted by Crippen LogP contribution is -2.41. The van der Waals surface area contributed by atoms with E-state index in [-0.39, 0.29) is 25.0 Å². The summed E-state index contributed by atoms with van der Waals surface area (Å²) < 4.78 is 11.0. The molecule has 0 spiro atoms. The predicted octanol–water partition coefficient (Wildman–Crippen LogP) is 2.27. The van der Waals surface area contributed by atoms with Crippen molar-refractivity contribution in [2.24, 2.45) is 0 Å². The predicted molar refractivity (Wildman–Crippen MR) is 92.9 cm³/mol. The number of hydrogen-bond donors (Lipinski definition) is 1. The molecule has 0 unspecified atom stereocenters. The van der Waals surface area contributed by atoms with Gasteiger partial charge in [-0.1, -0.05) is 35.5 Å². The maximum Gasteiger partial charge on any atom is 0.228 e. The smallest absolute Gasteiger partial charge is 0.228 e. The number of aliphatic hydroxyl groups excluding tert-OH is 1. The fraction of sp³-hybridized carbons (Fsp3) is 0.474. The summed E-state index contributed by atoms with van der Waals surface area (Å²) in [5.74, 6) is 0.751. The Balaban J connectivity index is 1.48. The zero-order valence-electron chi connectivity index (χ0n) is 14.3. The molecule has 1 aliphatic rings. The molecular weight excluding hydrogens is 320 g/mol. The Labute approximate surface area is 147 Å². The van der Waals surface area contributed by atoms with Crippen LogP contribution in [-0.2, 0) is 16.0 Å². The molecule has 6 heteroatoms. The van der Waals surface area contributed by atoms with E-state index in [1.54, 1.807) is 0 Å². The number of aliphatic hydroxyl groups is 1. The molecule has 6 nitrogen and oxygen atoms in total. The van der Waals surface area contributed by atoms with E-state index in [9.17, 15) is 4.79 Å². The van der Waals surface area contributed by atoms with Crippen molar-refractivity contribution in [3.63, 3.8) is 0 Å². The minimum atomic E-state index is 0.0710. The SMILES string of the molecule is O=C(Cc1cc(-c2ccccc2)on1)N1CCC(OCCCO)CC1. The van der Waals surface area contributed by atoms with Crippen molar-refractivity contribution in [1.29, 1.82) is 0 Å². The lowest BCUT2D eigenvalue weighted by molar-refractivity contribution is -0.133. The van der Waals surface area contributed by atoms with Crippen molar-refractivity contribution in [2.75, 3.05) is 26.3 Å². The number of likely N-dealkylation sites (tertiary alicyclic amines) is 1. The standard InChI is InChI=1S/C19H24N2O4/c22-11-4-12-24-17-7-9-21(10-8-17)19(23)14-16-13-18(25-20-16)15-5-2-1-3-6-15/h1-3,5-6,13,17,22H,4,7-12,14H2. The second kappa shape index (κ2) is 8.78. The third-order valence-electron chi connectivity index (χ3n) is 4.40. The molecular formula is C19H24N2O4. The maximum absolute atomic E-state index is 12.5. The molecule has 134 valence electrons. The summed E-state index contributed by atoms with van der Waals surface area (Å²) >= 11 is 0. The van der Waals surface area contributed by atoms with Crippen molar-refractivity contribution in [3.8, 4) is 11.3 Å². The van der Waals surface area contributed by atoms with Gasteiger partial charge in [0.15, 0.2) is 5.76 Å². The van der Waals surface area contributed by atoms with Gasteiger partial charge in [0.1, 0.15) is 0 Å². The van der Waals surface area contributed by atoms with Gasteiger partial charge in [0.25, 0.3) is 0 Å². The third-order valence-corrected chi connectivity index (χ3v) is 4.40. The number of ether oxygens (including phenoxy) is 1. The number of carbonyl (C=O) groups excluding carboxylic acids is 1. The molecule has 0 radical (unpaired) electrons. The van der Waals surface area contributed by atoms with Crippen molar-refractivity contribution in [3.05, 3.63) is 42.1 Å². The van der Waals surface area contributed by atoms with Gasteiger partial charge in [0, 0.05) is 37.9 Å². The Morgan fingerprint density at radius 3 is 2.76 bits per heavy atom. The lowest BCUT2D eigenvalue weighted by atomic mass is 10.1. The number of piperidine rings is 1. The van der Waals surface area contributed by atoms with Crippen LogP contribution in [0.3, 0.4) is 0 Å². The molecule has 1 aliphatic heterocycles. The molecule has 2 heterocycles. The van der Waals surface area contributed by atoms with Crippen LogP contribution in [0.2, 0.25) is 0 Å². The number of rotatable bonds is 7. The minimum Gasteiger partial charge on any atom is -0.396 e. The molecule has 3 rings (SSSR count). The van der Waals surface area contributed by atoms with Gasteiger partial charge in [-0.15, -0.1) is 0 Å². The molecule has 1 amide bonds. The van der Waals surface area contributed by atoms with E-state index in [2.05, 4.69) is 5.16 Å². The second-order valence-corrected chi connectivity index (χ2v) is 6.25. The molecule has 0 atom stereocenters. The van der Waals surface area contributed by atoms with E-state index in [1.807, 2.05) is 41.3 Å². The highest BCUT2D eigenvalue weighted by Crippen LogP contribution is 2.21. The van der Waals surface area contributed by atoms with Crippen LogP contribution >= 0.6 is 0 Å². The highest BCUT2D eigenvalue weighted by Gasteiger charge is 2.24. The van der Waals surface area contributed by atoms with Crippen molar-refractivity contribution in [1.82, 2.24) is 10.1 Å². The molecule has 2 aromatic rings. The Bertz CT molecular complexity index is 663. The van der Waals surface area contributed by atoms with Crippen LogP contribution in [0, 0.1) is 0 Å². The summed E-state index contributed by atoms with van der Waals surface area (Å²) in [6, 6.07) is 11.6. The average molecular weight is 344 g/mol. The molecule has 1 saturated heterocycles. The zero-order valence-corrected chi connectivity index (χ0v) is 14.3. The van der Waals surface area contributed by atoms with Crippen LogP contribution < -0.4 is 0 Å². The Hall–Kier alpha value is -2.18. The van der Waals surface area contributed by atoms with E-state index >= 15 is 0 Å².